The van der Waals surface area contributed by atoms with Crippen LogP contribution in [0.3, 0.4) is 0 Å². The number of carbonyl (C=O) groups is 1. The fraction of sp³-hybridized carbons (Fsp3) is 0.550. The maximum absolute atomic E-state index is 11.7. The summed E-state index contributed by atoms with van der Waals surface area (Å²) < 4.78 is 7.74. The van der Waals surface area contributed by atoms with Crippen molar-refractivity contribution >= 4 is 23.2 Å². The number of aliphatic hydroxyl groups is 1. The molecule has 10 heteroatoms. The number of aryl methyl sites for hydroxylation is 2. The van der Waals surface area contributed by atoms with Crippen LogP contribution >= 0.6 is 0 Å². The van der Waals surface area contributed by atoms with Gasteiger partial charge in [-0.1, -0.05) is 0 Å². The molecule has 0 aliphatic carbocycles. The molecule has 3 aromatic rings. The minimum Gasteiger partial charge on any atom is -0.422 e. The van der Waals surface area contributed by atoms with E-state index in [0.717, 1.165) is 37.4 Å². The number of amides is 1. The zero-order valence-corrected chi connectivity index (χ0v) is 17.3. The van der Waals surface area contributed by atoms with Crippen molar-refractivity contribution in [3.05, 3.63) is 29.5 Å². The number of pyridine rings is 1. The Morgan fingerprint density at radius 1 is 1.27 bits per heavy atom. The average molecular weight is 413 g/mol. The number of hydrogen-bond donors (Lipinski definition) is 2. The van der Waals surface area contributed by atoms with Crippen molar-refractivity contribution in [1.82, 2.24) is 30.0 Å². The molecule has 1 saturated heterocycles. The highest BCUT2D eigenvalue weighted by atomic mass is 16.4. The van der Waals surface area contributed by atoms with Gasteiger partial charge in [0.05, 0.1) is 6.42 Å². The van der Waals surface area contributed by atoms with Crippen molar-refractivity contribution in [2.75, 3.05) is 31.6 Å². The Balaban J connectivity index is 1.47. The van der Waals surface area contributed by atoms with Crippen LogP contribution in [-0.2, 0) is 17.8 Å². The van der Waals surface area contributed by atoms with E-state index in [9.17, 15) is 9.90 Å². The van der Waals surface area contributed by atoms with Crippen molar-refractivity contribution in [2.45, 2.75) is 45.1 Å². The average Bonchev–Trinajstić information content (AvgIpc) is 3.35. The van der Waals surface area contributed by atoms with Crippen LogP contribution in [0.25, 0.3) is 11.2 Å². The number of nitrogens with zero attached hydrogens (tertiary/aromatic N) is 6. The van der Waals surface area contributed by atoms with Gasteiger partial charge >= 0.3 is 0 Å². The van der Waals surface area contributed by atoms with E-state index in [1.165, 1.54) is 0 Å². The first-order valence-electron chi connectivity index (χ1n) is 10.3. The molecule has 0 unspecified atom stereocenters. The van der Waals surface area contributed by atoms with Crippen molar-refractivity contribution < 1.29 is 14.3 Å². The van der Waals surface area contributed by atoms with Crippen LogP contribution < -0.4 is 10.2 Å². The van der Waals surface area contributed by atoms with E-state index < -0.39 is 0 Å². The van der Waals surface area contributed by atoms with Gasteiger partial charge < -0.3 is 19.7 Å². The molecule has 10 nitrogen and oxygen atoms in total. The van der Waals surface area contributed by atoms with E-state index in [2.05, 4.69) is 30.3 Å². The van der Waals surface area contributed by atoms with Crippen LogP contribution in [0.5, 0.6) is 0 Å². The lowest BCUT2D eigenvalue weighted by Crippen LogP contribution is -2.34. The molecule has 4 heterocycles. The van der Waals surface area contributed by atoms with E-state index in [1.807, 2.05) is 23.7 Å². The fourth-order valence-electron chi connectivity index (χ4n) is 3.76. The SMILES string of the molecule is CNC(=O)Cc1nc(C2CCN(c3nc4nc(C)ccc4o3)CC2)n(CCCO)n1. The molecule has 30 heavy (non-hydrogen) atoms. The number of nitrogens with one attached hydrogen (secondary N) is 1. The monoisotopic (exact) mass is 413 g/mol. The number of aromatic nitrogens is 5. The summed E-state index contributed by atoms with van der Waals surface area (Å²) in [6.45, 7) is 4.18. The number of fused-ring (bicyclic) bond motifs is 1. The third kappa shape index (κ3) is 4.28. The first kappa shape index (κ1) is 20.3. The molecule has 1 fully saturated rings. The molecule has 0 radical (unpaired) electrons. The summed E-state index contributed by atoms with van der Waals surface area (Å²) in [5.41, 5.74) is 2.24. The number of hydrogen-bond acceptors (Lipinski definition) is 8. The predicted octanol–water partition coefficient (Wildman–Crippen LogP) is 1.18. The molecule has 1 aliphatic rings. The van der Waals surface area contributed by atoms with Crippen molar-refractivity contribution in [3.63, 3.8) is 0 Å². The van der Waals surface area contributed by atoms with Gasteiger partial charge in [0, 0.05) is 44.9 Å². The Labute approximate surface area is 174 Å². The second-order valence-electron chi connectivity index (χ2n) is 7.57. The Bertz CT molecular complexity index is 1020. The van der Waals surface area contributed by atoms with Crippen LogP contribution in [0, 0.1) is 6.92 Å². The summed E-state index contributed by atoms with van der Waals surface area (Å²) in [5, 5.41) is 16.3. The quantitative estimate of drug-likeness (QED) is 0.592. The number of aliphatic hydroxyl groups excluding tert-OH is 1. The summed E-state index contributed by atoms with van der Waals surface area (Å²) in [5.74, 6) is 1.52. The van der Waals surface area contributed by atoms with Gasteiger partial charge in [0.15, 0.2) is 11.4 Å². The summed E-state index contributed by atoms with van der Waals surface area (Å²) in [6, 6.07) is 4.42. The molecule has 2 N–H and O–H groups in total. The molecule has 0 spiro atoms. The summed E-state index contributed by atoms with van der Waals surface area (Å²) >= 11 is 0. The predicted molar refractivity (Wildman–Crippen MR) is 110 cm³/mol. The highest BCUT2D eigenvalue weighted by Crippen LogP contribution is 2.30. The standard InChI is InChI=1S/C20H27N7O3/c1-13-4-5-15-18(22-13)24-20(30-15)26-9-6-14(7-10-26)19-23-16(12-17(29)21-2)25-27(19)8-3-11-28/h4-5,14,28H,3,6-12H2,1-2H3,(H,21,29). The number of anilines is 1. The van der Waals surface area contributed by atoms with E-state index in [4.69, 9.17) is 4.42 Å². The minimum absolute atomic E-state index is 0.0910. The van der Waals surface area contributed by atoms with Gasteiger partial charge in [0.2, 0.25) is 11.6 Å². The number of carbonyl (C=O) groups excluding carboxylic acids is 1. The topological polar surface area (TPSA) is 122 Å². The number of rotatable bonds is 7. The van der Waals surface area contributed by atoms with E-state index in [-0.39, 0.29) is 24.9 Å². The third-order valence-electron chi connectivity index (χ3n) is 5.38. The van der Waals surface area contributed by atoms with Gasteiger partial charge in [-0.15, -0.1) is 0 Å². The zero-order chi connectivity index (χ0) is 21.1. The second kappa shape index (κ2) is 8.78. The lowest BCUT2D eigenvalue weighted by atomic mass is 9.96. The van der Waals surface area contributed by atoms with Crippen molar-refractivity contribution in [1.29, 1.82) is 0 Å². The maximum Gasteiger partial charge on any atom is 0.299 e. The second-order valence-corrected chi connectivity index (χ2v) is 7.57. The van der Waals surface area contributed by atoms with E-state index in [1.54, 1.807) is 7.05 Å². The van der Waals surface area contributed by atoms with Gasteiger partial charge in [0.1, 0.15) is 5.82 Å². The molecule has 1 amide bonds. The normalized spacial score (nSPS) is 15.1. The number of likely N-dealkylation sites (N-methyl/N-ethyl adjacent to an activating group) is 1. The Morgan fingerprint density at radius 3 is 2.80 bits per heavy atom. The molecular formula is C20H27N7O3. The fourth-order valence-corrected chi connectivity index (χ4v) is 3.76. The maximum atomic E-state index is 11.7. The van der Waals surface area contributed by atoms with Crippen LogP contribution in [0.4, 0.5) is 6.01 Å². The Morgan fingerprint density at radius 2 is 2.07 bits per heavy atom. The lowest BCUT2D eigenvalue weighted by molar-refractivity contribution is -0.120. The first-order valence-corrected chi connectivity index (χ1v) is 10.3. The molecule has 0 atom stereocenters. The smallest absolute Gasteiger partial charge is 0.299 e. The number of oxazole rings is 1. The molecule has 0 bridgehead atoms. The van der Waals surface area contributed by atoms with E-state index in [0.29, 0.717) is 36.0 Å². The van der Waals surface area contributed by atoms with Gasteiger partial charge in [0.25, 0.3) is 6.01 Å². The molecule has 160 valence electrons. The van der Waals surface area contributed by atoms with Gasteiger partial charge in [-0.2, -0.15) is 10.1 Å². The van der Waals surface area contributed by atoms with Gasteiger partial charge in [-0.05, 0) is 38.3 Å². The van der Waals surface area contributed by atoms with Crippen LogP contribution in [0.15, 0.2) is 16.5 Å². The highest BCUT2D eigenvalue weighted by molar-refractivity contribution is 5.77. The van der Waals surface area contributed by atoms with Crippen LogP contribution in [0.1, 0.15) is 42.5 Å². The van der Waals surface area contributed by atoms with Crippen LogP contribution in [0.2, 0.25) is 0 Å². The molecule has 3 aromatic heterocycles. The van der Waals surface area contributed by atoms with Gasteiger partial charge in [-0.3, -0.25) is 4.79 Å². The minimum atomic E-state index is -0.115. The number of piperidine rings is 1. The first-order chi connectivity index (χ1) is 14.6. The van der Waals surface area contributed by atoms with Crippen molar-refractivity contribution in [3.8, 4) is 0 Å². The highest BCUT2D eigenvalue weighted by Gasteiger charge is 2.28. The largest absolute Gasteiger partial charge is 0.422 e. The van der Waals surface area contributed by atoms with Crippen LogP contribution in [-0.4, -0.2) is 62.5 Å². The summed E-state index contributed by atoms with van der Waals surface area (Å²) in [7, 11) is 1.60. The summed E-state index contributed by atoms with van der Waals surface area (Å²) in [4.78, 5) is 27.5. The third-order valence-corrected chi connectivity index (χ3v) is 5.38. The Kier molecular flexibility index (Phi) is 5.93. The lowest BCUT2D eigenvalue weighted by Gasteiger charge is -2.30. The zero-order valence-electron chi connectivity index (χ0n) is 17.3. The van der Waals surface area contributed by atoms with Gasteiger partial charge in [-0.25, -0.2) is 14.6 Å². The molecular weight excluding hydrogens is 386 g/mol. The molecule has 0 aromatic carbocycles. The molecule has 4 rings (SSSR count). The molecule has 1 aliphatic heterocycles. The Hall–Kier alpha value is -3.01. The summed E-state index contributed by atoms with van der Waals surface area (Å²) in [6.07, 6.45) is 2.51. The van der Waals surface area contributed by atoms with E-state index >= 15 is 0 Å². The molecule has 0 saturated carbocycles. The van der Waals surface area contributed by atoms with Crippen molar-refractivity contribution in [2.24, 2.45) is 0 Å².